The van der Waals surface area contributed by atoms with Crippen LogP contribution in [0.4, 0.5) is 16.2 Å². The van der Waals surface area contributed by atoms with Crippen LogP contribution in [0.15, 0.2) is 79.1 Å². The van der Waals surface area contributed by atoms with Gasteiger partial charge in [-0.3, -0.25) is 14.6 Å². The van der Waals surface area contributed by atoms with Crippen molar-refractivity contribution in [2.24, 2.45) is 0 Å². The summed E-state index contributed by atoms with van der Waals surface area (Å²) < 4.78 is 5.23. The number of hydrogen-bond donors (Lipinski definition) is 1. The van der Waals surface area contributed by atoms with E-state index in [1.165, 1.54) is 12.0 Å². The number of amides is 4. The fourth-order valence-electron chi connectivity index (χ4n) is 3.60. The second-order valence-electron chi connectivity index (χ2n) is 7.28. The van der Waals surface area contributed by atoms with Crippen molar-refractivity contribution in [1.29, 1.82) is 0 Å². The number of anilines is 2. The molecule has 0 aliphatic carbocycles. The zero-order valence-electron chi connectivity index (χ0n) is 17.5. The first-order valence-electron chi connectivity index (χ1n) is 10.1. The summed E-state index contributed by atoms with van der Waals surface area (Å²) in [5, 5.41) is 2.78. The maximum absolute atomic E-state index is 13.3. The molecule has 0 radical (unpaired) electrons. The van der Waals surface area contributed by atoms with Crippen LogP contribution in [-0.4, -0.2) is 40.9 Å². The van der Waals surface area contributed by atoms with Gasteiger partial charge in [-0.15, -0.1) is 0 Å². The smallest absolute Gasteiger partial charge is 0.332 e. The molecule has 8 nitrogen and oxygen atoms in total. The first-order valence-corrected chi connectivity index (χ1v) is 10.1. The summed E-state index contributed by atoms with van der Waals surface area (Å²) in [6.45, 7) is 0.155. The number of benzene rings is 2. The highest BCUT2D eigenvalue weighted by Gasteiger charge is 2.46. The lowest BCUT2D eigenvalue weighted by molar-refractivity contribution is -0.124. The van der Waals surface area contributed by atoms with Crippen molar-refractivity contribution in [2.75, 3.05) is 17.3 Å². The highest BCUT2D eigenvalue weighted by Crippen LogP contribution is 2.30. The molecule has 1 aliphatic heterocycles. The van der Waals surface area contributed by atoms with E-state index in [9.17, 15) is 14.4 Å². The molecule has 1 fully saturated rings. The minimum Gasteiger partial charge on any atom is -0.497 e. The maximum Gasteiger partial charge on any atom is 0.332 e. The Morgan fingerprint density at radius 1 is 1.06 bits per heavy atom. The molecule has 0 bridgehead atoms. The number of urea groups is 1. The number of pyridine rings is 1. The number of carbonyl (C=O) groups is 3. The number of carbonyl (C=O) groups excluding carboxylic acids is 3. The van der Waals surface area contributed by atoms with Crippen molar-refractivity contribution in [3.8, 4) is 5.75 Å². The number of hydrogen-bond acceptors (Lipinski definition) is 5. The number of methoxy groups -OCH3 is 1. The van der Waals surface area contributed by atoms with Gasteiger partial charge in [0.15, 0.2) is 0 Å². The van der Waals surface area contributed by atoms with Crippen LogP contribution < -0.4 is 15.0 Å². The van der Waals surface area contributed by atoms with E-state index in [2.05, 4.69) is 10.3 Å². The zero-order chi connectivity index (χ0) is 22.5. The number of para-hydroxylation sites is 1. The topological polar surface area (TPSA) is 91.8 Å². The molecule has 1 saturated heterocycles. The lowest BCUT2D eigenvalue weighted by Crippen LogP contribution is -2.37. The zero-order valence-corrected chi connectivity index (χ0v) is 17.5. The fourth-order valence-corrected chi connectivity index (χ4v) is 3.60. The minimum atomic E-state index is -0.947. The summed E-state index contributed by atoms with van der Waals surface area (Å²) in [5.74, 6) is -0.298. The first-order chi connectivity index (χ1) is 15.6. The Morgan fingerprint density at radius 2 is 1.88 bits per heavy atom. The Bertz CT molecular complexity index is 1120. The summed E-state index contributed by atoms with van der Waals surface area (Å²) in [5.41, 5.74) is 1.77. The lowest BCUT2D eigenvalue weighted by atomic mass is 10.1. The van der Waals surface area contributed by atoms with Gasteiger partial charge in [-0.1, -0.05) is 30.3 Å². The van der Waals surface area contributed by atoms with Crippen molar-refractivity contribution in [2.45, 2.75) is 19.0 Å². The van der Waals surface area contributed by atoms with Crippen LogP contribution in [0.3, 0.4) is 0 Å². The molecule has 4 amide bonds. The van der Waals surface area contributed by atoms with Gasteiger partial charge in [-0.05, 0) is 35.9 Å². The molecule has 32 heavy (non-hydrogen) atoms. The SMILES string of the molecule is COc1cccc(N2C(=O)[C@@H](CC(=O)Nc3ccccc3)N(Cc3cccnc3)C2=O)c1. The summed E-state index contributed by atoms with van der Waals surface area (Å²) in [6, 6.07) is 17.8. The fraction of sp³-hybridized carbons (Fsp3) is 0.167. The van der Waals surface area contributed by atoms with E-state index in [0.717, 1.165) is 10.5 Å². The highest BCUT2D eigenvalue weighted by atomic mass is 16.5. The number of nitrogens with one attached hydrogen (secondary N) is 1. The van der Waals surface area contributed by atoms with E-state index in [-0.39, 0.29) is 18.9 Å². The average Bonchev–Trinajstić information content (AvgIpc) is 3.04. The van der Waals surface area contributed by atoms with Gasteiger partial charge >= 0.3 is 6.03 Å². The minimum absolute atomic E-state index is 0.155. The Balaban J connectivity index is 1.62. The molecule has 1 aromatic heterocycles. The van der Waals surface area contributed by atoms with Gasteiger partial charge in [0, 0.05) is 30.7 Å². The summed E-state index contributed by atoms with van der Waals surface area (Å²) in [4.78, 5) is 45.9. The molecule has 1 aliphatic rings. The van der Waals surface area contributed by atoms with Crippen LogP contribution in [0, 0.1) is 0 Å². The number of nitrogens with zero attached hydrogens (tertiary/aromatic N) is 3. The molecule has 162 valence electrons. The quantitative estimate of drug-likeness (QED) is 0.580. The lowest BCUT2D eigenvalue weighted by Gasteiger charge is -2.21. The van der Waals surface area contributed by atoms with Gasteiger partial charge < -0.3 is 15.0 Å². The van der Waals surface area contributed by atoms with Gasteiger partial charge in [-0.2, -0.15) is 0 Å². The average molecular weight is 430 g/mol. The molecule has 4 rings (SSSR count). The molecule has 2 aromatic carbocycles. The van der Waals surface area contributed by atoms with Gasteiger partial charge in [-0.25, -0.2) is 9.69 Å². The van der Waals surface area contributed by atoms with Crippen LogP contribution in [0.1, 0.15) is 12.0 Å². The Labute approximate surface area is 185 Å². The summed E-state index contributed by atoms with van der Waals surface area (Å²) >= 11 is 0. The largest absolute Gasteiger partial charge is 0.497 e. The van der Waals surface area contributed by atoms with E-state index in [4.69, 9.17) is 4.74 Å². The maximum atomic E-state index is 13.3. The number of ether oxygens (including phenoxy) is 1. The predicted octanol–water partition coefficient (Wildman–Crippen LogP) is 3.46. The normalized spacial score (nSPS) is 15.7. The number of imide groups is 1. The molecular formula is C24H22N4O4. The summed E-state index contributed by atoms with van der Waals surface area (Å²) in [7, 11) is 1.51. The molecule has 0 saturated carbocycles. The Kier molecular flexibility index (Phi) is 6.12. The molecule has 0 spiro atoms. The van der Waals surface area contributed by atoms with Gasteiger partial charge in [0.2, 0.25) is 5.91 Å². The van der Waals surface area contributed by atoms with Crippen molar-refractivity contribution in [3.63, 3.8) is 0 Å². The van der Waals surface area contributed by atoms with E-state index < -0.39 is 18.0 Å². The number of rotatable bonds is 7. The van der Waals surface area contributed by atoms with E-state index in [1.54, 1.807) is 67.0 Å². The molecule has 2 heterocycles. The first kappa shape index (κ1) is 21.0. The Morgan fingerprint density at radius 3 is 2.59 bits per heavy atom. The van der Waals surface area contributed by atoms with Gasteiger partial charge in [0.05, 0.1) is 19.2 Å². The van der Waals surface area contributed by atoms with Crippen LogP contribution in [0.25, 0.3) is 0 Å². The third-order valence-electron chi connectivity index (χ3n) is 5.14. The molecule has 1 atom stereocenters. The van der Waals surface area contributed by atoms with Gasteiger partial charge in [0.1, 0.15) is 11.8 Å². The standard InChI is InChI=1S/C24H22N4O4/c1-32-20-11-5-10-19(13-20)28-23(30)21(14-22(29)26-18-8-3-2-4-9-18)27(24(28)31)16-17-7-6-12-25-15-17/h2-13,15,21H,14,16H2,1H3,(H,26,29)/t21-/m1/s1. The molecular weight excluding hydrogens is 408 g/mol. The summed E-state index contributed by atoms with van der Waals surface area (Å²) in [6.07, 6.45) is 3.10. The van der Waals surface area contributed by atoms with Crippen LogP contribution in [-0.2, 0) is 16.1 Å². The predicted molar refractivity (Wildman–Crippen MR) is 119 cm³/mol. The third-order valence-corrected chi connectivity index (χ3v) is 5.14. The van der Waals surface area contributed by atoms with Crippen LogP contribution >= 0.6 is 0 Å². The van der Waals surface area contributed by atoms with E-state index in [1.807, 2.05) is 12.1 Å². The monoisotopic (exact) mass is 430 g/mol. The van der Waals surface area contributed by atoms with Gasteiger partial charge in [0.25, 0.3) is 5.91 Å². The second-order valence-corrected chi connectivity index (χ2v) is 7.28. The molecule has 3 aromatic rings. The van der Waals surface area contributed by atoms with Crippen molar-refractivity contribution < 1.29 is 19.1 Å². The highest BCUT2D eigenvalue weighted by molar-refractivity contribution is 6.22. The molecule has 8 heteroatoms. The Hall–Kier alpha value is -4.20. The molecule has 1 N–H and O–H groups in total. The van der Waals surface area contributed by atoms with Crippen LogP contribution in [0.5, 0.6) is 5.75 Å². The molecule has 0 unspecified atom stereocenters. The van der Waals surface area contributed by atoms with Crippen molar-refractivity contribution >= 4 is 29.2 Å². The van der Waals surface area contributed by atoms with Crippen molar-refractivity contribution in [1.82, 2.24) is 9.88 Å². The number of aromatic nitrogens is 1. The van der Waals surface area contributed by atoms with E-state index in [0.29, 0.717) is 17.1 Å². The third kappa shape index (κ3) is 4.44. The second kappa shape index (κ2) is 9.30. The van der Waals surface area contributed by atoms with Crippen molar-refractivity contribution in [3.05, 3.63) is 84.7 Å². The van der Waals surface area contributed by atoms with E-state index >= 15 is 0 Å². The van der Waals surface area contributed by atoms with Crippen LogP contribution in [0.2, 0.25) is 0 Å².